The zero-order chi connectivity index (χ0) is 14.3. The van der Waals surface area contributed by atoms with E-state index in [0.29, 0.717) is 22.1 Å². The van der Waals surface area contributed by atoms with Gasteiger partial charge in [-0.2, -0.15) is 5.10 Å². The molecule has 0 saturated carbocycles. The molecule has 0 unspecified atom stereocenters. The minimum absolute atomic E-state index is 0.206. The van der Waals surface area contributed by atoms with E-state index in [9.17, 15) is 4.79 Å². The number of aromatic nitrogens is 3. The Bertz CT molecular complexity index is 804. The largest absolute Gasteiger partial charge is 0.399 e. The number of nitrogens with zero attached hydrogens (tertiary/aromatic N) is 3. The van der Waals surface area contributed by atoms with Crippen LogP contribution >= 0.6 is 11.3 Å². The number of amides is 1. The molecule has 0 aliphatic carbocycles. The lowest BCUT2D eigenvalue weighted by Crippen LogP contribution is -2.12. The van der Waals surface area contributed by atoms with Crippen LogP contribution in [0.3, 0.4) is 0 Å². The predicted octanol–water partition coefficient (Wildman–Crippen LogP) is 2.17. The number of carbonyl (C=O) groups is 1. The van der Waals surface area contributed by atoms with Gasteiger partial charge in [0.2, 0.25) is 0 Å². The first kappa shape index (κ1) is 12.6. The quantitative estimate of drug-likeness (QED) is 0.707. The maximum atomic E-state index is 12.2. The zero-order valence-electron chi connectivity index (χ0n) is 11.0. The van der Waals surface area contributed by atoms with Gasteiger partial charge in [-0.25, -0.2) is 4.98 Å². The van der Waals surface area contributed by atoms with E-state index in [1.807, 2.05) is 12.1 Å². The summed E-state index contributed by atoms with van der Waals surface area (Å²) in [5.74, 6) is -0.206. The van der Waals surface area contributed by atoms with E-state index in [1.54, 1.807) is 30.9 Å². The van der Waals surface area contributed by atoms with E-state index in [1.165, 1.54) is 11.3 Å². The molecule has 102 valence electrons. The molecule has 0 saturated heterocycles. The van der Waals surface area contributed by atoms with Crippen molar-refractivity contribution in [1.29, 1.82) is 0 Å². The Labute approximate surface area is 119 Å². The molecule has 0 atom stereocenters. The first-order valence-electron chi connectivity index (χ1n) is 6.00. The molecule has 0 aliphatic heterocycles. The fourth-order valence-corrected chi connectivity index (χ4v) is 2.89. The Morgan fingerprint density at radius 3 is 2.95 bits per heavy atom. The number of nitrogen functional groups attached to an aromatic ring is 1. The Morgan fingerprint density at radius 1 is 1.45 bits per heavy atom. The molecule has 2 aromatic heterocycles. The van der Waals surface area contributed by atoms with Gasteiger partial charge in [0.05, 0.1) is 21.5 Å². The average molecular weight is 287 g/mol. The number of carbonyl (C=O) groups excluding carboxylic acids is 1. The summed E-state index contributed by atoms with van der Waals surface area (Å²) in [6.07, 6.45) is 1.69. The minimum Gasteiger partial charge on any atom is -0.399 e. The van der Waals surface area contributed by atoms with Crippen LogP contribution in [0.4, 0.5) is 10.8 Å². The molecule has 1 amide bonds. The van der Waals surface area contributed by atoms with Gasteiger partial charge in [-0.05, 0) is 25.1 Å². The SMILES string of the molecule is Cc1nn(C)cc1C(=O)Nc1nc2ccc(N)cc2s1. The van der Waals surface area contributed by atoms with Crippen LogP contribution in [-0.2, 0) is 7.05 Å². The van der Waals surface area contributed by atoms with Gasteiger partial charge in [-0.15, -0.1) is 0 Å². The van der Waals surface area contributed by atoms with E-state index in [2.05, 4.69) is 15.4 Å². The number of rotatable bonds is 2. The van der Waals surface area contributed by atoms with Gasteiger partial charge in [0.25, 0.3) is 5.91 Å². The van der Waals surface area contributed by atoms with Crippen LogP contribution in [0.2, 0.25) is 0 Å². The predicted molar refractivity (Wildman–Crippen MR) is 79.9 cm³/mol. The highest BCUT2D eigenvalue weighted by atomic mass is 32.1. The van der Waals surface area contributed by atoms with Crippen LogP contribution in [0.1, 0.15) is 16.1 Å². The lowest BCUT2D eigenvalue weighted by Gasteiger charge is -1.98. The highest BCUT2D eigenvalue weighted by Gasteiger charge is 2.14. The Balaban J connectivity index is 1.89. The molecule has 0 aliphatic rings. The van der Waals surface area contributed by atoms with Gasteiger partial charge in [0.15, 0.2) is 5.13 Å². The minimum atomic E-state index is -0.206. The van der Waals surface area contributed by atoms with Gasteiger partial charge >= 0.3 is 0 Å². The summed E-state index contributed by atoms with van der Waals surface area (Å²) in [5, 5.41) is 7.50. The normalized spacial score (nSPS) is 10.9. The molecule has 6 nitrogen and oxygen atoms in total. The first-order chi connectivity index (χ1) is 9.52. The summed E-state index contributed by atoms with van der Waals surface area (Å²) in [6, 6.07) is 5.48. The molecule has 3 rings (SSSR count). The van der Waals surface area contributed by atoms with Gasteiger partial charge in [0, 0.05) is 18.9 Å². The van der Waals surface area contributed by atoms with Crippen molar-refractivity contribution in [2.45, 2.75) is 6.92 Å². The maximum Gasteiger partial charge on any atom is 0.260 e. The van der Waals surface area contributed by atoms with Crippen molar-refractivity contribution >= 4 is 38.3 Å². The van der Waals surface area contributed by atoms with Crippen LogP contribution in [-0.4, -0.2) is 20.7 Å². The molecular formula is C13H13N5OS. The number of aryl methyl sites for hydroxylation is 2. The highest BCUT2D eigenvalue weighted by Crippen LogP contribution is 2.27. The van der Waals surface area contributed by atoms with E-state index >= 15 is 0 Å². The van der Waals surface area contributed by atoms with E-state index in [0.717, 1.165) is 10.2 Å². The summed E-state index contributed by atoms with van der Waals surface area (Å²) < 4.78 is 2.56. The fourth-order valence-electron chi connectivity index (χ4n) is 1.98. The van der Waals surface area contributed by atoms with Crippen LogP contribution < -0.4 is 11.1 Å². The number of thiazole rings is 1. The Kier molecular flexibility index (Phi) is 2.90. The van der Waals surface area contributed by atoms with Crippen LogP contribution in [0.25, 0.3) is 10.2 Å². The molecule has 0 spiro atoms. The smallest absolute Gasteiger partial charge is 0.260 e. The Morgan fingerprint density at radius 2 is 2.25 bits per heavy atom. The number of hydrogen-bond donors (Lipinski definition) is 2. The molecule has 0 radical (unpaired) electrons. The molecule has 0 fully saturated rings. The molecule has 3 N–H and O–H groups in total. The number of hydrogen-bond acceptors (Lipinski definition) is 5. The maximum absolute atomic E-state index is 12.2. The summed E-state index contributed by atoms with van der Waals surface area (Å²) in [6.45, 7) is 1.80. The van der Waals surface area contributed by atoms with Gasteiger partial charge in [0.1, 0.15) is 0 Å². The molecule has 20 heavy (non-hydrogen) atoms. The third kappa shape index (κ3) is 2.23. The van der Waals surface area contributed by atoms with Crippen molar-refractivity contribution in [1.82, 2.24) is 14.8 Å². The second-order valence-electron chi connectivity index (χ2n) is 4.50. The van der Waals surface area contributed by atoms with Crippen molar-refractivity contribution in [3.05, 3.63) is 35.7 Å². The molecule has 1 aromatic carbocycles. The van der Waals surface area contributed by atoms with Crippen LogP contribution in [0, 0.1) is 6.92 Å². The lowest BCUT2D eigenvalue weighted by atomic mass is 10.2. The number of anilines is 2. The van der Waals surface area contributed by atoms with Crippen LogP contribution in [0.5, 0.6) is 0 Å². The van der Waals surface area contributed by atoms with Crippen molar-refractivity contribution < 1.29 is 4.79 Å². The number of nitrogens with one attached hydrogen (secondary N) is 1. The van der Waals surface area contributed by atoms with E-state index in [-0.39, 0.29) is 5.91 Å². The van der Waals surface area contributed by atoms with E-state index in [4.69, 9.17) is 5.73 Å². The van der Waals surface area contributed by atoms with Crippen molar-refractivity contribution in [2.75, 3.05) is 11.1 Å². The topological polar surface area (TPSA) is 85.8 Å². The summed E-state index contributed by atoms with van der Waals surface area (Å²) in [5.41, 5.74) is 8.47. The molecule has 7 heteroatoms. The first-order valence-corrected chi connectivity index (χ1v) is 6.82. The standard InChI is InChI=1S/C13H13N5OS/c1-7-9(6-18(2)17-7)12(19)16-13-15-10-4-3-8(14)5-11(10)20-13/h3-6H,14H2,1-2H3,(H,15,16,19). The molecular weight excluding hydrogens is 274 g/mol. The van der Waals surface area contributed by atoms with Gasteiger partial charge in [-0.3, -0.25) is 14.8 Å². The highest BCUT2D eigenvalue weighted by molar-refractivity contribution is 7.22. The third-order valence-electron chi connectivity index (χ3n) is 2.89. The zero-order valence-corrected chi connectivity index (χ0v) is 11.9. The number of nitrogens with two attached hydrogens (primary N) is 1. The number of benzene rings is 1. The van der Waals surface area contributed by atoms with Crippen molar-refractivity contribution in [2.24, 2.45) is 7.05 Å². The average Bonchev–Trinajstić information content (AvgIpc) is 2.91. The van der Waals surface area contributed by atoms with Gasteiger partial charge in [-0.1, -0.05) is 11.3 Å². The van der Waals surface area contributed by atoms with E-state index < -0.39 is 0 Å². The monoisotopic (exact) mass is 287 g/mol. The molecule has 2 heterocycles. The molecule has 3 aromatic rings. The summed E-state index contributed by atoms with van der Waals surface area (Å²) in [7, 11) is 1.78. The third-order valence-corrected chi connectivity index (χ3v) is 3.82. The van der Waals surface area contributed by atoms with Crippen LogP contribution in [0.15, 0.2) is 24.4 Å². The fraction of sp³-hybridized carbons (Fsp3) is 0.154. The Hall–Kier alpha value is -2.41. The summed E-state index contributed by atoms with van der Waals surface area (Å²) in [4.78, 5) is 16.5. The van der Waals surface area contributed by atoms with Crippen molar-refractivity contribution in [3.63, 3.8) is 0 Å². The number of fused-ring (bicyclic) bond motifs is 1. The van der Waals surface area contributed by atoms with Crippen molar-refractivity contribution in [3.8, 4) is 0 Å². The van der Waals surface area contributed by atoms with Gasteiger partial charge < -0.3 is 5.73 Å². The summed E-state index contributed by atoms with van der Waals surface area (Å²) >= 11 is 1.40. The lowest BCUT2D eigenvalue weighted by molar-refractivity contribution is 0.102. The molecule has 0 bridgehead atoms. The second-order valence-corrected chi connectivity index (χ2v) is 5.53. The second kappa shape index (κ2) is 4.61.